The molecule has 1 aromatic heterocycles. The van der Waals surface area contributed by atoms with Crippen LogP contribution in [0.15, 0.2) is 42.6 Å². The predicted octanol–water partition coefficient (Wildman–Crippen LogP) is 3.23. The average molecular weight is 388 g/mol. The van der Waals surface area contributed by atoms with Crippen molar-refractivity contribution in [2.45, 2.75) is 38.6 Å². The number of aromatic nitrogens is 1. The van der Waals surface area contributed by atoms with Gasteiger partial charge < -0.3 is 10.6 Å². The largest absolute Gasteiger partial charge is 0.380 e. The maximum Gasteiger partial charge on any atom is 0.274 e. The third kappa shape index (κ3) is 4.86. The number of anilines is 2. The average Bonchev–Trinajstić information content (AvgIpc) is 2.93. The number of benzene rings is 1. The lowest BCUT2D eigenvalue weighted by Gasteiger charge is -2.22. The van der Waals surface area contributed by atoms with E-state index in [4.69, 9.17) is 0 Å². The molecule has 1 saturated heterocycles. The molecule has 3 rings (SSSR count). The number of sulfone groups is 1. The first-order valence-corrected chi connectivity index (χ1v) is 10.8. The Labute approximate surface area is 160 Å². The Morgan fingerprint density at radius 3 is 2.48 bits per heavy atom. The highest BCUT2D eigenvalue weighted by Crippen LogP contribution is 2.29. The summed E-state index contributed by atoms with van der Waals surface area (Å²) in [6, 6.07) is 11.0. The van der Waals surface area contributed by atoms with Crippen molar-refractivity contribution in [2.24, 2.45) is 0 Å². The summed E-state index contributed by atoms with van der Waals surface area (Å²) in [6.45, 7) is 6.29. The minimum atomic E-state index is -2.94. The van der Waals surface area contributed by atoms with E-state index in [0.717, 1.165) is 11.3 Å². The number of pyridine rings is 1. The van der Waals surface area contributed by atoms with Crippen LogP contribution in [0.5, 0.6) is 0 Å². The van der Waals surface area contributed by atoms with E-state index in [1.807, 2.05) is 24.3 Å². The lowest BCUT2D eigenvalue weighted by Crippen LogP contribution is -2.21. The van der Waals surface area contributed by atoms with Crippen LogP contribution in [-0.2, 0) is 15.3 Å². The molecule has 1 aliphatic rings. The van der Waals surface area contributed by atoms with Gasteiger partial charge in [0.1, 0.15) is 5.69 Å². The Bertz CT molecular complexity index is 932. The SMILES string of the molecule is CC(C)(C)c1ccccc1NC(=O)c1ccc(NC2CCS(=O)(=O)C2)cn1. The first-order valence-electron chi connectivity index (χ1n) is 8.98. The van der Waals surface area contributed by atoms with Gasteiger partial charge in [-0.2, -0.15) is 0 Å². The van der Waals surface area contributed by atoms with Gasteiger partial charge in [0, 0.05) is 11.7 Å². The number of hydrogen-bond donors (Lipinski definition) is 2. The normalized spacial score (nSPS) is 18.9. The van der Waals surface area contributed by atoms with E-state index in [0.29, 0.717) is 17.8 Å². The molecule has 144 valence electrons. The molecule has 1 fully saturated rings. The zero-order chi connectivity index (χ0) is 19.7. The highest BCUT2D eigenvalue weighted by atomic mass is 32.2. The maximum absolute atomic E-state index is 12.6. The van der Waals surface area contributed by atoms with Crippen LogP contribution in [0.4, 0.5) is 11.4 Å². The standard InChI is InChI=1S/C20H25N3O3S/c1-20(2,3)16-6-4-5-7-17(16)23-19(24)18-9-8-14(12-21-18)22-15-10-11-27(25,26)13-15/h4-9,12,15,22H,10-11,13H2,1-3H3,(H,23,24). The molecule has 2 N–H and O–H groups in total. The monoisotopic (exact) mass is 387 g/mol. The molecule has 1 aliphatic heterocycles. The molecule has 7 heteroatoms. The minimum Gasteiger partial charge on any atom is -0.380 e. The fourth-order valence-electron chi connectivity index (χ4n) is 3.19. The Balaban J connectivity index is 1.68. The van der Waals surface area contributed by atoms with Crippen molar-refractivity contribution >= 4 is 27.1 Å². The first-order chi connectivity index (χ1) is 12.6. The zero-order valence-corrected chi connectivity index (χ0v) is 16.6. The quantitative estimate of drug-likeness (QED) is 0.841. The van der Waals surface area contributed by atoms with Gasteiger partial charge in [0.25, 0.3) is 5.91 Å². The van der Waals surface area contributed by atoms with Crippen molar-refractivity contribution in [2.75, 3.05) is 22.1 Å². The van der Waals surface area contributed by atoms with E-state index in [1.165, 1.54) is 0 Å². The summed E-state index contributed by atoms with van der Waals surface area (Å²) in [7, 11) is -2.94. The molecule has 0 spiro atoms. The highest BCUT2D eigenvalue weighted by Gasteiger charge is 2.27. The number of nitrogens with zero attached hydrogens (tertiary/aromatic N) is 1. The molecule has 1 aromatic carbocycles. The fourth-order valence-corrected chi connectivity index (χ4v) is 4.86. The van der Waals surface area contributed by atoms with E-state index in [-0.39, 0.29) is 28.9 Å². The third-order valence-corrected chi connectivity index (χ3v) is 6.35. The summed E-state index contributed by atoms with van der Waals surface area (Å²) in [6.07, 6.45) is 2.16. The summed E-state index contributed by atoms with van der Waals surface area (Å²) in [4.78, 5) is 16.8. The van der Waals surface area contributed by atoms with Crippen molar-refractivity contribution in [3.05, 3.63) is 53.9 Å². The lowest BCUT2D eigenvalue weighted by molar-refractivity contribution is 0.102. The van der Waals surface area contributed by atoms with Gasteiger partial charge in [-0.15, -0.1) is 0 Å². The van der Waals surface area contributed by atoms with E-state index in [9.17, 15) is 13.2 Å². The molecule has 2 aromatic rings. The van der Waals surface area contributed by atoms with Gasteiger partial charge >= 0.3 is 0 Å². The topological polar surface area (TPSA) is 88.2 Å². The second kappa shape index (κ2) is 7.31. The summed E-state index contributed by atoms with van der Waals surface area (Å²) < 4.78 is 23.1. The number of carbonyl (C=O) groups is 1. The zero-order valence-electron chi connectivity index (χ0n) is 15.8. The van der Waals surface area contributed by atoms with E-state index in [1.54, 1.807) is 18.3 Å². The van der Waals surface area contributed by atoms with Gasteiger partial charge in [-0.05, 0) is 35.6 Å². The number of para-hydroxylation sites is 1. The summed E-state index contributed by atoms with van der Waals surface area (Å²) in [5.74, 6) is 0.0756. The summed E-state index contributed by atoms with van der Waals surface area (Å²) >= 11 is 0. The number of hydrogen-bond acceptors (Lipinski definition) is 5. The summed E-state index contributed by atoms with van der Waals surface area (Å²) in [5, 5.41) is 6.10. The van der Waals surface area contributed by atoms with Crippen LogP contribution in [-0.4, -0.2) is 36.9 Å². The smallest absolute Gasteiger partial charge is 0.274 e. The Morgan fingerprint density at radius 1 is 1.15 bits per heavy atom. The van der Waals surface area contributed by atoms with Crippen molar-refractivity contribution in [1.82, 2.24) is 4.98 Å². The Hall–Kier alpha value is -2.41. The van der Waals surface area contributed by atoms with Gasteiger partial charge in [0.15, 0.2) is 9.84 Å². The van der Waals surface area contributed by atoms with E-state index < -0.39 is 9.84 Å². The number of rotatable bonds is 4. The van der Waals surface area contributed by atoms with Crippen molar-refractivity contribution in [3.8, 4) is 0 Å². The van der Waals surface area contributed by atoms with E-state index >= 15 is 0 Å². The van der Waals surface area contributed by atoms with Gasteiger partial charge in [-0.25, -0.2) is 13.4 Å². The molecule has 2 heterocycles. The van der Waals surface area contributed by atoms with Crippen LogP contribution in [0, 0.1) is 0 Å². The van der Waals surface area contributed by atoms with Crippen LogP contribution in [0.1, 0.15) is 43.2 Å². The maximum atomic E-state index is 12.6. The molecule has 1 unspecified atom stereocenters. The van der Waals surface area contributed by atoms with Gasteiger partial charge in [0.2, 0.25) is 0 Å². The highest BCUT2D eigenvalue weighted by molar-refractivity contribution is 7.91. The fraction of sp³-hybridized carbons (Fsp3) is 0.400. The number of nitrogens with one attached hydrogen (secondary N) is 2. The molecule has 0 radical (unpaired) electrons. The van der Waals surface area contributed by atoms with Crippen LogP contribution in [0.25, 0.3) is 0 Å². The molecule has 1 amide bonds. The molecule has 0 aliphatic carbocycles. The van der Waals surface area contributed by atoms with E-state index in [2.05, 4.69) is 36.4 Å². The first kappa shape index (κ1) is 19.4. The third-order valence-electron chi connectivity index (χ3n) is 4.58. The second-order valence-corrected chi connectivity index (χ2v) is 10.2. The molecule has 27 heavy (non-hydrogen) atoms. The van der Waals surface area contributed by atoms with Crippen LogP contribution < -0.4 is 10.6 Å². The van der Waals surface area contributed by atoms with Crippen molar-refractivity contribution in [1.29, 1.82) is 0 Å². The minimum absolute atomic E-state index is 0.0906. The van der Waals surface area contributed by atoms with Crippen LogP contribution in [0.2, 0.25) is 0 Å². The van der Waals surface area contributed by atoms with Gasteiger partial charge in [0.05, 0.1) is 23.4 Å². The number of carbonyl (C=O) groups excluding carboxylic acids is 1. The molecule has 0 bridgehead atoms. The van der Waals surface area contributed by atoms with Crippen molar-refractivity contribution < 1.29 is 13.2 Å². The molecular weight excluding hydrogens is 362 g/mol. The predicted molar refractivity (Wildman–Crippen MR) is 108 cm³/mol. The van der Waals surface area contributed by atoms with Crippen LogP contribution in [0.3, 0.4) is 0 Å². The molecule has 1 atom stereocenters. The Kier molecular flexibility index (Phi) is 5.24. The molecular formula is C20H25N3O3S. The Morgan fingerprint density at radius 2 is 1.89 bits per heavy atom. The summed E-state index contributed by atoms with van der Waals surface area (Å²) in [5.41, 5.74) is 2.76. The lowest BCUT2D eigenvalue weighted by atomic mass is 9.86. The molecule has 6 nitrogen and oxygen atoms in total. The second-order valence-electron chi connectivity index (χ2n) is 7.93. The van der Waals surface area contributed by atoms with Crippen molar-refractivity contribution in [3.63, 3.8) is 0 Å². The van der Waals surface area contributed by atoms with Crippen LogP contribution >= 0.6 is 0 Å². The van der Waals surface area contributed by atoms with Gasteiger partial charge in [-0.3, -0.25) is 4.79 Å². The number of amides is 1. The molecule has 0 saturated carbocycles. The van der Waals surface area contributed by atoms with Gasteiger partial charge in [-0.1, -0.05) is 39.0 Å².